The van der Waals surface area contributed by atoms with Crippen molar-refractivity contribution in [3.05, 3.63) is 35.0 Å². The lowest BCUT2D eigenvalue weighted by Crippen LogP contribution is -2.28. The van der Waals surface area contributed by atoms with E-state index in [4.69, 9.17) is 11.6 Å². The zero-order valence-electron chi connectivity index (χ0n) is 10.6. The van der Waals surface area contributed by atoms with Crippen LogP contribution in [0.25, 0.3) is 16.5 Å². The SMILES string of the molecule is CC(C)N1CC=C(c2[nH]nc3c(Cl)cccc23)C1. The van der Waals surface area contributed by atoms with Crippen LogP contribution in [-0.2, 0) is 0 Å². The van der Waals surface area contributed by atoms with E-state index >= 15 is 0 Å². The molecule has 1 N–H and O–H groups in total. The second kappa shape index (κ2) is 4.41. The fourth-order valence-corrected chi connectivity index (χ4v) is 2.61. The van der Waals surface area contributed by atoms with Crippen LogP contribution in [0.2, 0.25) is 5.02 Å². The van der Waals surface area contributed by atoms with Crippen molar-refractivity contribution in [3.63, 3.8) is 0 Å². The Kier molecular flexibility index (Phi) is 2.88. The van der Waals surface area contributed by atoms with Gasteiger partial charge in [-0.15, -0.1) is 0 Å². The third-order valence-corrected chi connectivity index (χ3v) is 3.84. The van der Waals surface area contributed by atoms with Crippen molar-refractivity contribution in [1.82, 2.24) is 15.1 Å². The molecule has 1 aliphatic heterocycles. The molecule has 0 unspecified atom stereocenters. The predicted octanol–water partition coefficient (Wildman–Crippen LogP) is 3.32. The Morgan fingerprint density at radius 2 is 2.22 bits per heavy atom. The van der Waals surface area contributed by atoms with E-state index in [0.717, 1.165) is 29.7 Å². The number of fused-ring (bicyclic) bond motifs is 1. The molecule has 2 heterocycles. The van der Waals surface area contributed by atoms with Crippen LogP contribution in [0.4, 0.5) is 0 Å². The maximum Gasteiger partial charge on any atom is 0.111 e. The second-order valence-electron chi connectivity index (χ2n) is 4.99. The van der Waals surface area contributed by atoms with Crippen molar-refractivity contribution in [2.24, 2.45) is 0 Å². The van der Waals surface area contributed by atoms with Gasteiger partial charge in [-0.1, -0.05) is 29.8 Å². The maximum absolute atomic E-state index is 6.14. The predicted molar refractivity (Wildman–Crippen MR) is 75.8 cm³/mol. The van der Waals surface area contributed by atoms with Crippen LogP contribution in [0.15, 0.2) is 24.3 Å². The number of nitrogens with one attached hydrogen (secondary N) is 1. The highest BCUT2D eigenvalue weighted by molar-refractivity contribution is 6.35. The molecule has 3 nitrogen and oxygen atoms in total. The summed E-state index contributed by atoms with van der Waals surface area (Å²) < 4.78 is 0. The Balaban J connectivity index is 1.99. The molecule has 1 aliphatic rings. The number of nitrogens with zero attached hydrogens (tertiary/aromatic N) is 2. The third kappa shape index (κ3) is 1.84. The number of rotatable bonds is 2. The molecule has 2 aromatic rings. The Morgan fingerprint density at radius 3 is 2.94 bits per heavy atom. The molecule has 18 heavy (non-hydrogen) atoms. The van der Waals surface area contributed by atoms with Gasteiger partial charge in [0.25, 0.3) is 0 Å². The van der Waals surface area contributed by atoms with Crippen molar-refractivity contribution < 1.29 is 0 Å². The van der Waals surface area contributed by atoms with E-state index in [1.54, 1.807) is 0 Å². The molecule has 1 aromatic heterocycles. The van der Waals surface area contributed by atoms with Crippen molar-refractivity contribution >= 4 is 28.1 Å². The van der Waals surface area contributed by atoms with Gasteiger partial charge in [-0.05, 0) is 25.5 Å². The summed E-state index contributed by atoms with van der Waals surface area (Å²) in [6.07, 6.45) is 2.27. The minimum Gasteiger partial charge on any atom is -0.293 e. The fraction of sp³-hybridized carbons (Fsp3) is 0.357. The molecule has 0 saturated heterocycles. The third-order valence-electron chi connectivity index (χ3n) is 3.53. The van der Waals surface area contributed by atoms with E-state index in [0.29, 0.717) is 11.1 Å². The topological polar surface area (TPSA) is 31.9 Å². The first-order valence-electron chi connectivity index (χ1n) is 6.23. The Bertz CT molecular complexity index is 613. The van der Waals surface area contributed by atoms with Crippen molar-refractivity contribution in [2.75, 3.05) is 13.1 Å². The zero-order chi connectivity index (χ0) is 12.7. The quantitative estimate of drug-likeness (QED) is 0.899. The molecule has 3 rings (SSSR count). The molecule has 0 radical (unpaired) electrons. The second-order valence-corrected chi connectivity index (χ2v) is 5.39. The first-order valence-corrected chi connectivity index (χ1v) is 6.60. The number of benzene rings is 1. The summed E-state index contributed by atoms with van der Waals surface area (Å²) in [7, 11) is 0. The number of aromatic nitrogens is 2. The van der Waals surface area contributed by atoms with Crippen LogP contribution < -0.4 is 0 Å². The van der Waals surface area contributed by atoms with Crippen molar-refractivity contribution in [2.45, 2.75) is 19.9 Å². The number of hydrogen-bond acceptors (Lipinski definition) is 2. The lowest BCUT2D eigenvalue weighted by atomic mass is 10.1. The van der Waals surface area contributed by atoms with Crippen LogP contribution >= 0.6 is 11.6 Å². The van der Waals surface area contributed by atoms with Crippen LogP contribution in [0.3, 0.4) is 0 Å². The summed E-state index contributed by atoms with van der Waals surface area (Å²) in [6.45, 7) is 6.42. The van der Waals surface area contributed by atoms with Crippen LogP contribution in [0.5, 0.6) is 0 Å². The maximum atomic E-state index is 6.14. The molecule has 94 valence electrons. The van der Waals surface area contributed by atoms with E-state index in [1.165, 1.54) is 5.57 Å². The minimum absolute atomic E-state index is 0.566. The van der Waals surface area contributed by atoms with Gasteiger partial charge in [0.2, 0.25) is 0 Å². The molecule has 4 heteroatoms. The van der Waals surface area contributed by atoms with Gasteiger partial charge in [-0.25, -0.2) is 0 Å². The minimum atomic E-state index is 0.566. The summed E-state index contributed by atoms with van der Waals surface area (Å²) in [5, 5.41) is 9.26. The van der Waals surface area contributed by atoms with Gasteiger partial charge in [0.15, 0.2) is 0 Å². The summed E-state index contributed by atoms with van der Waals surface area (Å²) in [5.41, 5.74) is 3.28. The lowest BCUT2D eigenvalue weighted by Gasteiger charge is -2.19. The van der Waals surface area contributed by atoms with E-state index in [-0.39, 0.29) is 0 Å². The summed E-state index contributed by atoms with van der Waals surface area (Å²) in [6, 6.07) is 6.48. The Labute approximate surface area is 111 Å². The van der Waals surface area contributed by atoms with Gasteiger partial charge >= 0.3 is 0 Å². The average molecular weight is 262 g/mol. The molecule has 0 atom stereocenters. The zero-order valence-corrected chi connectivity index (χ0v) is 11.3. The molecular weight excluding hydrogens is 246 g/mol. The van der Waals surface area contributed by atoms with Gasteiger partial charge in [-0.2, -0.15) is 5.10 Å². The number of halogens is 1. The monoisotopic (exact) mass is 261 g/mol. The smallest absolute Gasteiger partial charge is 0.111 e. The number of para-hydroxylation sites is 1. The van der Waals surface area contributed by atoms with E-state index < -0.39 is 0 Å². The molecule has 1 aromatic carbocycles. The normalized spacial score (nSPS) is 16.8. The first kappa shape index (κ1) is 11.8. The van der Waals surface area contributed by atoms with E-state index in [1.807, 2.05) is 12.1 Å². The number of aromatic amines is 1. The summed E-state index contributed by atoms with van der Waals surface area (Å²) in [4.78, 5) is 2.42. The summed E-state index contributed by atoms with van der Waals surface area (Å²) in [5.74, 6) is 0. The van der Waals surface area contributed by atoms with E-state index in [9.17, 15) is 0 Å². The highest BCUT2D eigenvalue weighted by atomic mass is 35.5. The van der Waals surface area contributed by atoms with Crippen LogP contribution in [-0.4, -0.2) is 34.2 Å². The molecule has 0 amide bonds. The number of hydrogen-bond donors (Lipinski definition) is 1. The van der Waals surface area contributed by atoms with E-state index in [2.05, 4.69) is 41.1 Å². The average Bonchev–Trinajstić information content (AvgIpc) is 2.94. The summed E-state index contributed by atoms with van der Waals surface area (Å²) >= 11 is 6.14. The molecule has 0 saturated carbocycles. The largest absolute Gasteiger partial charge is 0.293 e. The molecule has 0 bridgehead atoms. The first-order chi connectivity index (χ1) is 8.66. The van der Waals surface area contributed by atoms with Gasteiger partial charge < -0.3 is 0 Å². The van der Waals surface area contributed by atoms with Gasteiger partial charge in [0, 0.05) is 24.5 Å². The van der Waals surface area contributed by atoms with Gasteiger partial charge in [0.05, 0.1) is 10.7 Å². The highest BCUT2D eigenvalue weighted by Crippen LogP contribution is 2.30. The van der Waals surface area contributed by atoms with Crippen molar-refractivity contribution in [3.8, 4) is 0 Å². The molecule has 0 aliphatic carbocycles. The van der Waals surface area contributed by atoms with Gasteiger partial charge in [-0.3, -0.25) is 10.00 Å². The fourth-order valence-electron chi connectivity index (χ4n) is 2.40. The standard InChI is InChI=1S/C14H16ClN3/c1-9(2)18-7-6-10(8-18)13-11-4-3-5-12(15)14(11)17-16-13/h3-6,9H,7-8H2,1-2H3,(H,16,17). The Hall–Kier alpha value is -1.32. The van der Waals surface area contributed by atoms with Crippen molar-refractivity contribution in [1.29, 1.82) is 0 Å². The Morgan fingerprint density at radius 1 is 1.39 bits per heavy atom. The van der Waals surface area contributed by atoms with Crippen LogP contribution in [0.1, 0.15) is 19.5 Å². The molecule has 0 spiro atoms. The molecular formula is C14H16ClN3. The van der Waals surface area contributed by atoms with Gasteiger partial charge in [0.1, 0.15) is 5.52 Å². The number of H-pyrrole nitrogens is 1. The lowest BCUT2D eigenvalue weighted by molar-refractivity contribution is 0.290. The molecule has 0 fully saturated rings. The highest BCUT2D eigenvalue weighted by Gasteiger charge is 2.20. The van der Waals surface area contributed by atoms with Crippen LogP contribution in [0, 0.1) is 0 Å².